The molecule has 1 unspecified atom stereocenters. The third-order valence-corrected chi connectivity index (χ3v) is 2.02. The molecule has 1 aromatic rings. The molecule has 92 valence electrons. The first-order valence-corrected chi connectivity index (χ1v) is 5.46. The van der Waals surface area contributed by atoms with Crippen LogP contribution in [0.1, 0.15) is 19.8 Å². The maximum absolute atomic E-state index is 11.6. The second kappa shape index (κ2) is 6.66. The Bertz CT molecular complexity index is 448. The molecule has 0 spiro atoms. The average molecular weight is 236 g/mol. The van der Waals surface area contributed by atoms with E-state index in [1.807, 2.05) is 13.0 Å². The quantitative estimate of drug-likeness (QED) is 0.715. The number of aromatic nitrogens is 2. The second-order valence-electron chi connectivity index (χ2n) is 3.80. The molecule has 0 saturated carbocycles. The van der Waals surface area contributed by atoms with Gasteiger partial charge in [0.05, 0.1) is 12.3 Å². The summed E-state index contributed by atoms with van der Waals surface area (Å²) in [5.74, 6) is 0.420. The fraction of sp³-hybridized carbons (Fsp3) is 0.545. The molecule has 1 aromatic heterocycles. The van der Waals surface area contributed by atoms with Gasteiger partial charge in [-0.2, -0.15) is 10.4 Å². The van der Waals surface area contributed by atoms with Gasteiger partial charge in [-0.05, 0) is 13.3 Å². The number of aryl methyl sites for hydroxylation is 1. The second-order valence-corrected chi connectivity index (χ2v) is 3.80. The summed E-state index contributed by atoms with van der Waals surface area (Å²) in [6.07, 6.45) is 2.51. The molecular weight excluding hydrogens is 220 g/mol. The van der Waals surface area contributed by atoms with Crippen molar-refractivity contribution in [2.24, 2.45) is 5.73 Å². The lowest BCUT2D eigenvalue weighted by molar-refractivity contribution is 0.292. The van der Waals surface area contributed by atoms with Crippen LogP contribution in [0.15, 0.2) is 17.1 Å². The van der Waals surface area contributed by atoms with E-state index in [0.717, 1.165) is 0 Å². The fourth-order valence-corrected chi connectivity index (χ4v) is 1.20. The molecule has 0 aliphatic heterocycles. The summed E-state index contributed by atoms with van der Waals surface area (Å²) in [6.45, 7) is 2.61. The van der Waals surface area contributed by atoms with Gasteiger partial charge in [-0.25, -0.2) is 4.68 Å². The van der Waals surface area contributed by atoms with Crippen LogP contribution in [-0.4, -0.2) is 22.4 Å². The van der Waals surface area contributed by atoms with E-state index in [1.165, 1.54) is 16.9 Å². The Labute approximate surface area is 99.6 Å². The summed E-state index contributed by atoms with van der Waals surface area (Å²) in [5.41, 5.74) is 5.30. The largest absolute Gasteiger partial charge is 0.490 e. The molecule has 0 aromatic carbocycles. The topological polar surface area (TPSA) is 93.9 Å². The number of nitrogens with zero attached hydrogens (tertiary/aromatic N) is 3. The molecule has 0 radical (unpaired) electrons. The first-order valence-electron chi connectivity index (χ1n) is 5.46. The number of hydrogen-bond acceptors (Lipinski definition) is 5. The van der Waals surface area contributed by atoms with Crippen molar-refractivity contribution in [3.63, 3.8) is 0 Å². The van der Waals surface area contributed by atoms with Gasteiger partial charge in [0.15, 0.2) is 0 Å². The van der Waals surface area contributed by atoms with Gasteiger partial charge in [0, 0.05) is 25.1 Å². The third kappa shape index (κ3) is 4.66. The Balaban J connectivity index is 2.60. The van der Waals surface area contributed by atoms with E-state index >= 15 is 0 Å². The predicted octanol–water partition coefficient (Wildman–Crippen LogP) is 0.273. The summed E-state index contributed by atoms with van der Waals surface area (Å²) in [6, 6.07) is 3.31. The molecular formula is C11H16N4O2. The predicted molar refractivity (Wildman–Crippen MR) is 62.5 cm³/mol. The Hall–Kier alpha value is -1.87. The van der Waals surface area contributed by atoms with Gasteiger partial charge >= 0.3 is 0 Å². The Morgan fingerprint density at radius 2 is 2.47 bits per heavy atom. The lowest BCUT2D eigenvalue weighted by Gasteiger charge is -2.09. The molecule has 17 heavy (non-hydrogen) atoms. The number of nitriles is 1. The molecule has 2 N–H and O–H groups in total. The molecule has 0 aliphatic carbocycles. The zero-order valence-electron chi connectivity index (χ0n) is 9.80. The Kier molecular flexibility index (Phi) is 5.17. The summed E-state index contributed by atoms with van der Waals surface area (Å²) >= 11 is 0. The lowest BCUT2D eigenvalue weighted by atomic mass is 10.3. The summed E-state index contributed by atoms with van der Waals surface area (Å²) in [5, 5.41) is 12.3. The number of rotatable bonds is 6. The van der Waals surface area contributed by atoms with E-state index < -0.39 is 0 Å². The minimum atomic E-state index is -0.231. The number of nitrogens with two attached hydrogens (primary N) is 1. The van der Waals surface area contributed by atoms with Gasteiger partial charge in [-0.15, -0.1) is 0 Å². The van der Waals surface area contributed by atoms with Crippen molar-refractivity contribution in [3.05, 3.63) is 22.6 Å². The van der Waals surface area contributed by atoms with Gasteiger partial charge in [0.1, 0.15) is 12.4 Å². The third-order valence-electron chi connectivity index (χ3n) is 2.02. The van der Waals surface area contributed by atoms with Gasteiger partial charge in [-0.3, -0.25) is 4.79 Å². The van der Waals surface area contributed by atoms with E-state index in [1.54, 1.807) is 0 Å². The Morgan fingerprint density at radius 3 is 3.06 bits per heavy atom. The molecule has 0 saturated heterocycles. The summed E-state index contributed by atoms with van der Waals surface area (Å²) < 4.78 is 6.59. The van der Waals surface area contributed by atoms with Gasteiger partial charge in [-0.1, -0.05) is 0 Å². The fourth-order valence-electron chi connectivity index (χ4n) is 1.20. The van der Waals surface area contributed by atoms with E-state index in [-0.39, 0.29) is 11.6 Å². The van der Waals surface area contributed by atoms with Crippen LogP contribution < -0.4 is 16.0 Å². The van der Waals surface area contributed by atoms with Crippen molar-refractivity contribution in [3.8, 4) is 11.8 Å². The Morgan fingerprint density at radius 1 is 1.71 bits per heavy atom. The first kappa shape index (κ1) is 13.2. The van der Waals surface area contributed by atoms with Gasteiger partial charge in [0.2, 0.25) is 0 Å². The van der Waals surface area contributed by atoms with Crippen molar-refractivity contribution < 1.29 is 4.74 Å². The van der Waals surface area contributed by atoms with Crippen LogP contribution in [0.4, 0.5) is 0 Å². The summed E-state index contributed by atoms with van der Waals surface area (Å²) in [4.78, 5) is 11.6. The highest BCUT2D eigenvalue weighted by molar-refractivity contribution is 5.13. The molecule has 1 atom stereocenters. The maximum Gasteiger partial charge on any atom is 0.270 e. The number of ether oxygens (including phenoxy) is 1. The highest BCUT2D eigenvalue weighted by Crippen LogP contribution is 2.03. The molecule has 0 bridgehead atoms. The minimum absolute atomic E-state index is 0.0898. The van der Waals surface area contributed by atoms with Crippen LogP contribution in [0.2, 0.25) is 0 Å². The summed E-state index contributed by atoms with van der Waals surface area (Å²) in [7, 11) is 0. The van der Waals surface area contributed by atoms with Crippen LogP contribution in [-0.2, 0) is 6.54 Å². The van der Waals surface area contributed by atoms with Gasteiger partial charge in [0.25, 0.3) is 5.56 Å². The number of hydrogen-bond donors (Lipinski definition) is 1. The molecule has 0 fully saturated rings. The van der Waals surface area contributed by atoms with Crippen molar-refractivity contribution >= 4 is 0 Å². The van der Waals surface area contributed by atoms with Crippen LogP contribution in [0.3, 0.4) is 0 Å². The van der Waals surface area contributed by atoms with E-state index in [9.17, 15) is 4.79 Å². The van der Waals surface area contributed by atoms with Crippen molar-refractivity contribution in [2.75, 3.05) is 6.61 Å². The van der Waals surface area contributed by atoms with E-state index in [4.69, 9.17) is 15.7 Å². The average Bonchev–Trinajstić information content (AvgIpc) is 2.29. The SMILES string of the molecule is CC(N)COc1cnn(CCCC#N)c(=O)c1. The maximum atomic E-state index is 11.6. The highest BCUT2D eigenvalue weighted by atomic mass is 16.5. The van der Waals surface area contributed by atoms with E-state index in [0.29, 0.717) is 31.7 Å². The smallest absolute Gasteiger partial charge is 0.270 e. The monoisotopic (exact) mass is 236 g/mol. The normalized spacial score (nSPS) is 11.8. The standard InChI is InChI=1S/C11H16N4O2/c1-9(13)8-17-10-6-11(16)15(14-7-10)5-3-2-4-12/h6-7,9H,2-3,5,8,13H2,1H3. The lowest BCUT2D eigenvalue weighted by Crippen LogP contribution is -2.26. The van der Waals surface area contributed by atoms with Crippen molar-refractivity contribution in [1.82, 2.24) is 9.78 Å². The highest BCUT2D eigenvalue weighted by Gasteiger charge is 2.02. The minimum Gasteiger partial charge on any atom is -0.490 e. The molecule has 1 heterocycles. The molecule has 0 amide bonds. The number of unbranched alkanes of at least 4 members (excludes halogenated alkanes) is 1. The first-order chi connectivity index (χ1) is 8.13. The van der Waals surface area contributed by atoms with Gasteiger partial charge < -0.3 is 10.5 Å². The zero-order chi connectivity index (χ0) is 12.7. The van der Waals surface area contributed by atoms with Crippen LogP contribution >= 0.6 is 0 Å². The molecule has 6 heteroatoms. The van der Waals surface area contributed by atoms with Crippen LogP contribution in [0.25, 0.3) is 0 Å². The van der Waals surface area contributed by atoms with Crippen molar-refractivity contribution in [2.45, 2.75) is 32.4 Å². The zero-order valence-corrected chi connectivity index (χ0v) is 9.80. The molecule has 6 nitrogen and oxygen atoms in total. The van der Waals surface area contributed by atoms with Crippen LogP contribution in [0, 0.1) is 11.3 Å². The van der Waals surface area contributed by atoms with Crippen LogP contribution in [0.5, 0.6) is 5.75 Å². The van der Waals surface area contributed by atoms with Crippen molar-refractivity contribution in [1.29, 1.82) is 5.26 Å². The van der Waals surface area contributed by atoms with E-state index in [2.05, 4.69) is 5.10 Å². The molecule has 0 aliphatic rings. The molecule has 1 rings (SSSR count).